The molecule has 1 aromatic heterocycles. The lowest BCUT2D eigenvalue weighted by Gasteiger charge is -2.35. The van der Waals surface area contributed by atoms with Crippen molar-refractivity contribution in [3.05, 3.63) is 51.8 Å². The number of carbonyl (C=O) groups excluding carboxylic acids is 1. The van der Waals surface area contributed by atoms with Crippen LogP contribution in [0.4, 0.5) is 0 Å². The van der Waals surface area contributed by atoms with E-state index in [-0.39, 0.29) is 17.9 Å². The Morgan fingerprint density at radius 1 is 1.12 bits per heavy atom. The number of hydrogen-bond acceptors (Lipinski definition) is 3. The van der Waals surface area contributed by atoms with Crippen LogP contribution >= 0.6 is 11.6 Å². The molecule has 1 saturated heterocycles. The first-order valence-electron chi connectivity index (χ1n) is 9.04. The van der Waals surface area contributed by atoms with Crippen molar-refractivity contribution in [1.82, 2.24) is 14.7 Å². The fourth-order valence-corrected chi connectivity index (χ4v) is 3.74. The average molecular weight is 374 g/mol. The minimum Gasteiger partial charge on any atom is -0.342 e. The van der Waals surface area contributed by atoms with E-state index in [0.29, 0.717) is 29.1 Å². The van der Waals surface area contributed by atoms with Gasteiger partial charge in [-0.15, -0.1) is 0 Å². The Morgan fingerprint density at radius 2 is 1.77 bits per heavy atom. The number of amides is 1. The first kappa shape index (κ1) is 18.6. The molecular formula is C20H24ClN3O2. The molecule has 26 heavy (non-hydrogen) atoms. The van der Waals surface area contributed by atoms with Crippen LogP contribution in [0.3, 0.4) is 0 Å². The molecule has 6 heteroatoms. The molecule has 0 bridgehead atoms. The average Bonchev–Trinajstić information content (AvgIpc) is 2.60. The van der Waals surface area contributed by atoms with Gasteiger partial charge in [-0.25, -0.2) is 4.68 Å². The third-order valence-electron chi connectivity index (χ3n) is 4.77. The van der Waals surface area contributed by atoms with Crippen molar-refractivity contribution in [2.75, 3.05) is 13.1 Å². The Kier molecular flexibility index (Phi) is 5.77. The highest BCUT2D eigenvalue weighted by molar-refractivity contribution is 6.30. The van der Waals surface area contributed by atoms with Crippen LogP contribution in [0.1, 0.15) is 26.7 Å². The van der Waals surface area contributed by atoms with Crippen molar-refractivity contribution in [3.63, 3.8) is 0 Å². The van der Waals surface area contributed by atoms with Gasteiger partial charge in [0.25, 0.3) is 5.56 Å². The van der Waals surface area contributed by atoms with Crippen LogP contribution in [0, 0.1) is 11.8 Å². The molecule has 0 radical (unpaired) electrons. The molecule has 0 aliphatic carbocycles. The van der Waals surface area contributed by atoms with Crippen molar-refractivity contribution in [1.29, 1.82) is 0 Å². The Bertz CT molecular complexity index is 822. The van der Waals surface area contributed by atoms with E-state index in [1.54, 1.807) is 18.2 Å². The van der Waals surface area contributed by atoms with Gasteiger partial charge in [-0.3, -0.25) is 9.59 Å². The van der Waals surface area contributed by atoms with Gasteiger partial charge in [0.1, 0.15) is 0 Å². The minimum atomic E-state index is -0.198. The molecule has 1 aliphatic rings. The maximum Gasteiger partial charge on any atom is 0.266 e. The minimum absolute atomic E-state index is 0.0917. The Labute approximate surface area is 158 Å². The largest absolute Gasteiger partial charge is 0.342 e. The molecule has 1 aliphatic heterocycles. The summed E-state index contributed by atoms with van der Waals surface area (Å²) in [5.41, 5.74) is 1.37. The molecule has 0 spiro atoms. The topological polar surface area (TPSA) is 55.2 Å². The van der Waals surface area contributed by atoms with Gasteiger partial charge in [0.15, 0.2) is 0 Å². The summed E-state index contributed by atoms with van der Waals surface area (Å²) in [5, 5.41) is 5.06. The summed E-state index contributed by atoms with van der Waals surface area (Å²) in [6.07, 6.45) is 1.45. The predicted octanol–water partition coefficient (Wildman–Crippen LogP) is 3.46. The smallest absolute Gasteiger partial charge is 0.266 e. The molecule has 0 saturated carbocycles. The number of likely N-dealkylation sites (tertiary alicyclic amines) is 1. The maximum atomic E-state index is 12.5. The van der Waals surface area contributed by atoms with Gasteiger partial charge in [-0.2, -0.15) is 5.10 Å². The van der Waals surface area contributed by atoms with Gasteiger partial charge >= 0.3 is 0 Å². The molecule has 138 valence electrons. The van der Waals surface area contributed by atoms with E-state index in [1.165, 1.54) is 10.7 Å². The molecule has 1 fully saturated rings. The molecule has 5 nitrogen and oxygen atoms in total. The lowest BCUT2D eigenvalue weighted by atomic mass is 9.92. The van der Waals surface area contributed by atoms with E-state index >= 15 is 0 Å². The SMILES string of the molecule is C[C@H]1C[C@H](C)CN(C(=O)CCn2nc(-c3ccc(Cl)cc3)ccc2=O)C1. The van der Waals surface area contributed by atoms with Crippen molar-refractivity contribution in [2.45, 2.75) is 33.2 Å². The number of rotatable bonds is 4. The van der Waals surface area contributed by atoms with Crippen LogP contribution in [0.25, 0.3) is 11.3 Å². The van der Waals surface area contributed by atoms with Gasteiger partial charge < -0.3 is 4.90 Å². The van der Waals surface area contributed by atoms with Crippen LogP contribution in [0.2, 0.25) is 5.02 Å². The summed E-state index contributed by atoms with van der Waals surface area (Å²) in [6, 6.07) is 10.5. The quantitative estimate of drug-likeness (QED) is 0.824. The van der Waals surface area contributed by atoms with Crippen LogP contribution in [0.15, 0.2) is 41.2 Å². The third kappa shape index (κ3) is 4.52. The van der Waals surface area contributed by atoms with Crippen LogP contribution < -0.4 is 5.56 Å². The van der Waals surface area contributed by atoms with Crippen molar-refractivity contribution in [3.8, 4) is 11.3 Å². The molecule has 1 aromatic carbocycles. The highest BCUT2D eigenvalue weighted by atomic mass is 35.5. The molecule has 2 heterocycles. The molecule has 2 aromatic rings. The van der Waals surface area contributed by atoms with Gasteiger partial charge in [0, 0.05) is 36.2 Å². The van der Waals surface area contributed by atoms with Gasteiger partial charge in [-0.1, -0.05) is 37.6 Å². The zero-order valence-corrected chi connectivity index (χ0v) is 15.9. The second kappa shape index (κ2) is 8.04. The molecular weight excluding hydrogens is 350 g/mol. The summed E-state index contributed by atoms with van der Waals surface area (Å²) in [4.78, 5) is 26.6. The van der Waals surface area contributed by atoms with E-state index < -0.39 is 0 Å². The standard InChI is InChI=1S/C20H24ClN3O2/c1-14-11-15(2)13-23(12-14)19(25)9-10-24-20(26)8-7-18(22-24)16-3-5-17(21)6-4-16/h3-8,14-15H,9-13H2,1-2H3/t14-,15-/m0/s1. The fraction of sp³-hybridized carbons (Fsp3) is 0.450. The zero-order chi connectivity index (χ0) is 18.7. The van der Waals surface area contributed by atoms with Gasteiger partial charge in [0.05, 0.1) is 12.2 Å². The number of halogens is 1. The van der Waals surface area contributed by atoms with Crippen molar-refractivity contribution in [2.24, 2.45) is 11.8 Å². The first-order chi connectivity index (χ1) is 12.4. The fourth-order valence-electron chi connectivity index (χ4n) is 3.61. The summed E-state index contributed by atoms with van der Waals surface area (Å²) < 4.78 is 1.37. The lowest BCUT2D eigenvalue weighted by molar-refractivity contribution is -0.134. The maximum absolute atomic E-state index is 12.5. The number of carbonyl (C=O) groups is 1. The van der Waals surface area contributed by atoms with Crippen molar-refractivity contribution < 1.29 is 4.79 Å². The number of benzene rings is 1. The molecule has 1 amide bonds. The van der Waals surface area contributed by atoms with E-state index in [4.69, 9.17) is 11.6 Å². The number of nitrogens with zero attached hydrogens (tertiary/aromatic N) is 3. The Balaban J connectivity index is 1.69. The van der Waals surface area contributed by atoms with E-state index in [1.807, 2.05) is 17.0 Å². The predicted molar refractivity (Wildman–Crippen MR) is 103 cm³/mol. The van der Waals surface area contributed by atoms with Crippen molar-refractivity contribution >= 4 is 17.5 Å². The molecule has 2 atom stereocenters. The number of hydrogen-bond donors (Lipinski definition) is 0. The second-order valence-electron chi connectivity index (χ2n) is 7.28. The Morgan fingerprint density at radius 3 is 2.42 bits per heavy atom. The summed E-state index contributed by atoms with van der Waals surface area (Å²) >= 11 is 5.92. The number of aryl methyl sites for hydroxylation is 1. The summed E-state index contributed by atoms with van der Waals surface area (Å²) in [6.45, 7) is 6.25. The monoisotopic (exact) mass is 373 g/mol. The van der Waals surface area contributed by atoms with E-state index in [0.717, 1.165) is 25.1 Å². The van der Waals surface area contributed by atoms with Crippen LogP contribution in [-0.4, -0.2) is 33.7 Å². The summed E-state index contributed by atoms with van der Waals surface area (Å²) in [5.74, 6) is 1.14. The summed E-state index contributed by atoms with van der Waals surface area (Å²) in [7, 11) is 0. The second-order valence-corrected chi connectivity index (χ2v) is 7.72. The number of piperidine rings is 1. The normalized spacial score (nSPS) is 20.2. The Hall–Kier alpha value is -2.14. The first-order valence-corrected chi connectivity index (χ1v) is 9.42. The zero-order valence-electron chi connectivity index (χ0n) is 15.2. The van der Waals surface area contributed by atoms with Gasteiger partial charge in [0.2, 0.25) is 5.91 Å². The van der Waals surface area contributed by atoms with Gasteiger partial charge in [-0.05, 0) is 36.5 Å². The molecule has 3 rings (SSSR count). The highest BCUT2D eigenvalue weighted by Gasteiger charge is 2.25. The van der Waals surface area contributed by atoms with E-state index in [2.05, 4.69) is 18.9 Å². The molecule has 0 N–H and O–H groups in total. The highest BCUT2D eigenvalue weighted by Crippen LogP contribution is 2.21. The third-order valence-corrected chi connectivity index (χ3v) is 5.02. The van der Waals surface area contributed by atoms with Crippen LogP contribution in [-0.2, 0) is 11.3 Å². The lowest BCUT2D eigenvalue weighted by Crippen LogP contribution is -2.43. The number of aromatic nitrogens is 2. The van der Waals surface area contributed by atoms with E-state index in [9.17, 15) is 9.59 Å². The van der Waals surface area contributed by atoms with Crippen LogP contribution in [0.5, 0.6) is 0 Å². The molecule has 0 unspecified atom stereocenters.